The second-order valence-corrected chi connectivity index (χ2v) is 6.49. The van der Waals surface area contributed by atoms with Crippen molar-refractivity contribution in [1.29, 1.82) is 0 Å². The van der Waals surface area contributed by atoms with Crippen LogP contribution in [0.4, 0.5) is 5.69 Å². The molecule has 0 spiro atoms. The van der Waals surface area contributed by atoms with Crippen LogP contribution in [0.5, 0.6) is 0 Å². The second-order valence-electron chi connectivity index (χ2n) is 6.49. The minimum atomic E-state index is -0.142. The molecule has 0 saturated carbocycles. The van der Waals surface area contributed by atoms with Crippen molar-refractivity contribution in [2.75, 3.05) is 31.2 Å². The molecule has 2 N–H and O–H groups in total. The van der Waals surface area contributed by atoms with Crippen molar-refractivity contribution in [3.05, 3.63) is 58.9 Å². The molecule has 0 amide bonds. The smallest absolute Gasteiger partial charge is 0.259 e. The average Bonchev–Trinajstić information content (AvgIpc) is 3.11. The summed E-state index contributed by atoms with van der Waals surface area (Å²) in [5.74, 6) is 0.589. The first-order chi connectivity index (χ1) is 12.8. The van der Waals surface area contributed by atoms with E-state index in [1.165, 1.54) is 0 Å². The van der Waals surface area contributed by atoms with E-state index < -0.39 is 0 Å². The van der Waals surface area contributed by atoms with Gasteiger partial charge in [0.05, 0.1) is 29.8 Å². The number of hydrogen-bond acceptors (Lipinski definition) is 4. The van der Waals surface area contributed by atoms with E-state index in [-0.39, 0.29) is 5.56 Å². The van der Waals surface area contributed by atoms with Gasteiger partial charge >= 0.3 is 0 Å². The van der Waals surface area contributed by atoms with Crippen LogP contribution in [0.1, 0.15) is 0 Å². The third-order valence-corrected chi connectivity index (χ3v) is 4.85. The highest BCUT2D eigenvalue weighted by atomic mass is 16.5. The molecule has 1 saturated heterocycles. The SMILES string of the molecule is O=c1[nH]c2ccccc2cc1-c1nc2ccc(N3CCOCC3)cc2[nH]1. The molecule has 1 aliphatic heterocycles. The van der Waals surface area contributed by atoms with Crippen LogP contribution in [0, 0.1) is 0 Å². The van der Waals surface area contributed by atoms with Crippen molar-refractivity contribution >= 4 is 27.6 Å². The maximum Gasteiger partial charge on any atom is 0.259 e. The molecule has 0 atom stereocenters. The van der Waals surface area contributed by atoms with E-state index in [1.807, 2.05) is 36.4 Å². The summed E-state index contributed by atoms with van der Waals surface area (Å²) in [6.45, 7) is 3.27. The van der Waals surface area contributed by atoms with E-state index in [1.54, 1.807) is 0 Å². The standard InChI is InChI=1S/C20H18N4O2/c25-20-15(11-13-3-1-2-4-16(13)23-20)19-21-17-6-5-14(12-18(17)22-19)24-7-9-26-10-8-24/h1-6,11-12H,7-10H2,(H,21,22)(H,23,25). The van der Waals surface area contributed by atoms with E-state index in [0.717, 1.165) is 53.9 Å². The van der Waals surface area contributed by atoms with Crippen molar-refractivity contribution in [3.8, 4) is 11.4 Å². The summed E-state index contributed by atoms with van der Waals surface area (Å²) in [4.78, 5) is 25.6. The summed E-state index contributed by atoms with van der Waals surface area (Å²) >= 11 is 0. The predicted octanol–water partition coefficient (Wildman–Crippen LogP) is 2.91. The van der Waals surface area contributed by atoms with Gasteiger partial charge in [0.1, 0.15) is 5.82 Å². The third kappa shape index (κ3) is 2.55. The van der Waals surface area contributed by atoms with Crippen LogP contribution in [-0.4, -0.2) is 41.3 Å². The Morgan fingerprint density at radius 3 is 2.69 bits per heavy atom. The van der Waals surface area contributed by atoms with Gasteiger partial charge in [0.25, 0.3) is 5.56 Å². The zero-order chi connectivity index (χ0) is 17.5. The Labute approximate surface area is 149 Å². The molecular weight excluding hydrogens is 328 g/mol. The van der Waals surface area contributed by atoms with Crippen molar-refractivity contribution in [2.24, 2.45) is 0 Å². The molecule has 2 aromatic carbocycles. The summed E-state index contributed by atoms with van der Waals surface area (Å²) in [5, 5.41) is 0.983. The first-order valence-corrected chi connectivity index (χ1v) is 8.73. The largest absolute Gasteiger partial charge is 0.378 e. The first-order valence-electron chi connectivity index (χ1n) is 8.73. The highest BCUT2D eigenvalue weighted by Gasteiger charge is 2.14. The first kappa shape index (κ1) is 15.2. The van der Waals surface area contributed by atoms with Gasteiger partial charge in [0.2, 0.25) is 0 Å². The molecule has 0 radical (unpaired) electrons. The molecule has 0 aliphatic carbocycles. The average molecular weight is 346 g/mol. The van der Waals surface area contributed by atoms with Gasteiger partial charge in [-0.05, 0) is 35.7 Å². The van der Waals surface area contributed by atoms with Crippen LogP contribution >= 0.6 is 0 Å². The fraction of sp³-hybridized carbons (Fsp3) is 0.200. The van der Waals surface area contributed by atoms with Gasteiger partial charge in [-0.15, -0.1) is 0 Å². The third-order valence-electron chi connectivity index (χ3n) is 4.85. The number of nitrogens with one attached hydrogen (secondary N) is 2. The number of aromatic amines is 2. The lowest BCUT2D eigenvalue weighted by atomic mass is 10.1. The van der Waals surface area contributed by atoms with Gasteiger partial charge in [-0.1, -0.05) is 18.2 Å². The Bertz CT molecular complexity index is 1160. The van der Waals surface area contributed by atoms with Crippen LogP contribution in [-0.2, 0) is 4.74 Å². The number of aromatic nitrogens is 3. The van der Waals surface area contributed by atoms with Gasteiger partial charge in [-0.3, -0.25) is 4.79 Å². The zero-order valence-corrected chi connectivity index (χ0v) is 14.2. The number of imidazole rings is 1. The molecule has 130 valence electrons. The maximum absolute atomic E-state index is 12.5. The topological polar surface area (TPSA) is 74.0 Å². The highest BCUT2D eigenvalue weighted by Crippen LogP contribution is 2.25. The van der Waals surface area contributed by atoms with Gasteiger partial charge in [-0.2, -0.15) is 0 Å². The summed E-state index contributed by atoms with van der Waals surface area (Å²) in [6.07, 6.45) is 0. The number of nitrogens with zero attached hydrogens (tertiary/aromatic N) is 2. The summed E-state index contributed by atoms with van der Waals surface area (Å²) in [5.41, 5.74) is 4.15. The Kier molecular flexibility index (Phi) is 3.50. The normalized spacial score (nSPS) is 15.0. The molecule has 0 unspecified atom stereocenters. The Morgan fingerprint density at radius 1 is 0.962 bits per heavy atom. The molecule has 6 heteroatoms. The van der Waals surface area contributed by atoms with Crippen LogP contribution in [0.25, 0.3) is 33.3 Å². The number of para-hydroxylation sites is 1. The number of benzene rings is 2. The van der Waals surface area contributed by atoms with Crippen LogP contribution in [0.2, 0.25) is 0 Å². The Morgan fingerprint density at radius 2 is 1.81 bits per heavy atom. The number of H-pyrrole nitrogens is 2. The molecule has 26 heavy (non-hydrogen) atoms. The quantitative estimate of drug-likeness (QED) is 0.585. The monoisotopic (exact) mass is 346 g/mol. The number of hydrogen-bond donors (Lipinski definition) is 2. The van der Waals surface area contributed by atoms with E-state index in [4.69, 9.17) is 4.74 Å². The zero-order valence-electron chi connectivity index (χ0n) is 14.2. The summed E-state index contributed by atoms with van der Waals surface area (Å²) in [6, 6.07) is 15.8. The van der Waals surface area contributed by atoms with Gasteiger partial charge in [0, 0.05) is 24.3 Å². The lowest BCUT2D eigenvalue weighted by molar-refractivity contribution is 0.122. The fourth-order valence-corrected chi connectivity index (χ4v) is 3.47. The van der Waals surface area contributed by atoms with E-state index in [0.29, 0.717) is 11.4 Å². The number of rotatable bonds is 2. The van der Waals surface area contributed by atoms with Gasteiger partial charge in [-0.25, -0.2) is 4.98 Å². The second kappa shape index (κ2) is 6.00. The Hall–Kier alpha value is -3.12. The number of pyridine rings is 1. The molecule has 1 aliphatic rings. The van der Waals surface area contributed by atoms with Crippen molar-refractivity contribution < 1.29 is 4.74 Å². The van der Waals surface area contributed by atoms with E-state index >= 15 is 0 Å². The maximum atomic E-state index is 12.5. The van der Waals surface area contributed by atoms with Gasteiger partial charge < -0.3 is 19.6 Å². The number of anilines is 1. The van der Waals surface area contributed by atoms with Crippen molar-refractivity contribution in [2.45, 2.75) is 0 Å². The number of morpholine rings is 1. The fourth-order valence-electron chi connectivity index (χ4n) is 3.47. The molecule has 5 rings (SSSR count). The molecule has 4 aromatic rings. The van der Waals surface area contributed by atoms with E-state index in [9.17, 15) is 4.79 Å². The number of ether oxygens (including phenoxy) is 1. The van der Waals surface area contributed by atoms with Crippen LogP contribution in [0.3, 0.4) is 0 Å². The van der Waals surface area contributed by atoms with Crippen LogP contribution in [0.15, 0.2) is 53.3 Å². The van der Waals surface area contributed by atoms with Gasteiger partial charge in [0.15, 0.2) is 0 Å². The summed E-state index contributed by atoms with van der Waals surface area (Å²) in [7, 11) is 0. The van der Waals surface area contributed by atoms with Crippen molar-refractivity contribution in [3.63, 3.8) is 0 Å². The minimum Gasteiger partial charge on any atom is -0.378 e. The lowest BCUT2D eigenvalue weighted by Crippen LogP contribution is -2.36. The minimum absolute atomic E-state index is 0.142. The predicted molar refractivity (Wildman–Crippen MR) is 103 cm³/mol. The van der Waals surface area contributed by atoms with Crippen LogP contribution < -0.4 is 10.5 Å². The molecule has 2 aromatic heterocycles. The molecular formula is C20H18N4O2. The molecule has 1 fully saturated rings. The molecule has 6 nitrogen and oxygen atoms in total. The highest BCUT2D eigenvalue weighted by molar-refractivity contribution is 5.86. The van der Waals surface area contributed by atoms with E-state index in [2.05, 4.69) is 32.0 Å². The summed E-state index contributed by atoms with van der Waals surface area (Å²) < 4.78 is 5.42. The number of fused-ring (bicyclic) bond motifs is 2. The molecule has 0 bridgehead atoms. The molecule has 3 heterocycles. The Balaban J connectivity index is 1.59. The lowest BCUT2D eigenvalue weighted by Gasteiger charge is -2.28. The van der Waals surface area contributed by atoms with Crippen molar-refractivity contribution in [1.82, 2.24) is 15.0 Å².